The standard InChI is InChI=1S/C19H12N2O4/c22-17(10-12-5-6-14-11-20-8-7-13(14)9-12)25-21-18(23)15-3-1-2-4-16(15)19(21)24/h1-9,11H,10H2. The lowest BCUT2D eigenvalue weighted by atomic mass is 10.1. The summed E-state index contributed by atoms with van der Waals surface area (Å²) in [6.07, 6.45) is 3.35. The minimum atomic E-state index is -0.678. The van der Waals surface area contributed by atoms with Crippen molar-refractivity contribution in [3.05, 3.63) is 77.6 Å². The highest BCUT2D eigenvalue weighted by molar-refractivity contribution is 6.20. The summed E-state index contributed by atoms with van der Waals surface area (Å²) in [5.41, 5.74) is 1.19. The van der Waals surface area contributed by atoms with Gasteiger partial charge in [-0.15, -0.1) is 0 Å². The van der Waals surface area contributed by atoms with Crippen molar-refractivity contribution in [1.82, 2.24) is 10.0 Å². The molecule has 0 radical (unpaired) electrons. The van der Waals surface area contributed by atoms with Crippen LogP contribution in [0.1, 0.15) is 26.3 Å². The Morgan fingerprint density at radius 1 is 0.960 bits per heavy atom. The van der Waals surface area contributed by atoms with E-state index in [0.717, 1.165) is 16.3 Å². The number of carbonyl (C=O) groups is 3. The molecule has 0 aliphatic carbocycles. The van der Waals surface area contributed by atoms with Crippen molar-refractivity contribution in [2.24, 2.45) is 0 Å². The Labute approximate surface area is 142 Å². The van der Waals surface area contributed by atoms with E-state index < -0.39 is 17.8 Å². The maximum Gasteiger partial charge on any atom is 0.337 e. The molecular formula is C19H12N2O4. The van der Waals surface area contributed by atoms with Crippen molar-refractivity contribution < 1.29 is 19.2 Å². The number of hydrogen-bond acceptors (Lipinski definition) is 5. The van der Waals surface area contributed by atoms with E-state index in [4.69, 9.17) is 4.84 Å². The number of aromatic nitrogens is 1. The Kier molecular flexibility index (Phi) is 3.50. The number of fused-ring (bicyclic) bond motifs is 2. The molecule has 2 aromatic carbocycles. The van der Waals surface area contributed by atoms with Gasteiger partial charge in [0.25, 0.3) is 11.8 Å². The topological polar surface area (TPSA) is 76.6 Å². The van der Waals surface area contributed by atoms with E-state index in [1.165, 1.54) is 12.1 Å². The number of pyridine rings is 1. The molecule has 2 heterocycles. The number of rotatable bonds is 3. The average Bonchev–Trinajstić information content (AvgIpc) is 2.87. The molecule has 1 aliphatic rings. The second-order valence-corrected chi connectivity index (χ2v) is 5.65. The molecule has 1 aromatic heterocycles. The van der Waals surface area contributed by atoms with Crippen LogP contribution >= 0.6 is 0 Å². The number of benzene rings is 2. The predicted molar refractivity (Wildman–Crippen MR) is 88.5 cm³/mol. The Morgan fingerprint density at radius 3 is 2.40 bits per heavy atom. The number of carbonyl (C=O) groups excluding carboxylic acids is 3. The van der Waals surface area contributed by atoms with Crippen LogP contribution in [-0.2, 0) is 16.1 Å². The lowest BCUT2D eigenvalue weighted by molar-refractivity contribution is -0.167. The van der Waals surface area contributed by atoms with Crippen LogP contribution in [0.2, 0.25) is 0 Å². The molecule has 6 heteroatoms. The van der Waals surface area contributed by atoms with Crippen LogP contribution < -0.4 is 0 Å². The van der Waals surface area contributed by atoms with Crippen molar-refractivity contribution in [2.45, 2.75) is 6.42 Å². The molecule has 0 atom stereocenters. The summed E-state index contributed by atoms with van der Waals surface area (Å²) in [5, 5.41) is 2.43. The molecule has 2 amide bonds. The molecular weight excluding hydrogens is 320 g/mol. The number of hydrogen-bond donors (Lipinski definition) is 0. The quantitative estimate of drug-likeness (QED) is 0.689. The van der Waals surface area contributed by atoms with Crippen LogP contribution in [0.4, 0.5) is 0 Å². The molecule has 0 N–H and O–H groups in total. The molecule has 122 valence electrons. The maximum absolute atomic E-state index is 12.2. The first-order valence-corrected chi connectivity index (χ1v) is 7.65. The highest BCUT2D eigenvalue weighted by atomic mass is 16.7. The van der Waals surface area contributed by atoms with E-state index in [1.54, 1.807) is 30.6 Å². The number of amides is 2. The first-order chi connectivity index (χ1) is 12.1. The van der Waals surface area contributed by atoms with Gasteiger partial charge < -0.3 is 4.84 Å². The van der Waals surface area contributed by atoms with Gasteiger partial charge in [0.2, 0.25) is 0 Å². The highest BCUT2D eigenvalue weighted by Crippen LogP contribution is 2.23. The van der Waals surface area contributed by atoms with E-state index in [2.05, 4.69) is 4.98 Å². The number of nitrogens with zero attached hydrogens (tertiary/aromatic N) is 2. The molecule has 0 fully saturated rings. The van der Waals surface area contributed by atoms with Crippen LogP contribution in [-0.4, -0.2) is 27.8 Å². The van der Waals surface area contributed by atoms with Crippen LogP contribution in [0.25, 0.3) is 10.8 Å². The summed E-state index contributed by atoms with van der Waals surface area (Å²) >= 11 is 0. The minimum absolute atomic E-state index is 0.0499. The van der Waals surface area contributed by atoms with Crippen molar-refractivity contribution in [3.63, 3.8) is 0 Å². The van der Waals surface area contributed by atoms with E-state index in [0.29, 0.717) is 5.06 Å². The molecule has 0 saturated heterocycles. The Bertz CT molecular complexity index is 994. The summed E-state index contributed by atoms with van der Waals surface area (Å²) in [6.45, 7) is 0. The minimum Gasteiger partial charge on any atom is -0.329 e. The fraction of sp³-hybridized carbons (Fsp3) is 0.0526. The number of imide groups is 1. The summed E-state index contributed by atoms with van der Waals surface area (Å²) < 4.78 is 0. The molecule has 0 spiro atoms. The first kappa shape index (κ1) is 15.0. The van der Waals surface area contributed by atoms with Crippen molar-refractivity contribution in [3.8, 4) is 0 Å². The molecule has 25 heavy (non-hydrogen) atoms. The van der Waals surface area contributed by atoms with E-state index in [-0.39, 0.29) is 17.5 Å². The first-order valence-electron chi connectivity index (χ1n) is 7.65. The van der Waals surface area contributed by atoms with Gasteiger partial charge in [-0.3, -0.25) is 14.6 Å². The van der Waals surface area contributed by atoms with Gasteiger partial charge in [-0.05, 0) is 29.1 Å². The monoisotopic (exact) mass is 332 g/mol. The van der Waals surface area contributed by atoms with E-state index in [9.17, 15) is 14.4 Å². The van der Waals surface area contributed by atoms with Gasteiger partial charge in [-0.1, -0.05) is 35.4 Å². The normalized spacial score (nSPS) is 13.2. The summed E-state index contributed by atoms with van der Waals surface area (Å²) in [4.78, 5) is 45.6. The largest absolute Gasteiger partial charge is 0.337 e. The van der Waals surface area contributed by atoms with Crippen molar-refractivity contribution in [1.29, 1.82) is 0 Å². The summed E-state index contributed by atoms with van der Waals surface area (Å²) in [6, 6.07) is 13.7. The third kappa shape index (κ3) is 2.63. The second kappa shape index (κ2) is 5.83. The molecule has 1 aliphatic heterocycles. The lowest BCUT2D eigenvalue weighted by Gasteiger charge is -2.12. The van der Waals surface area contributed by atoms with Gasteiger partial charge in [0, 0.05) is 17.8 Å². The molecule has 0 saturated carbocycles. The number of hydroxylamine groups is 2. The fourth-order valence-electron chi connectivity index (χ4n) is 2.79. The van der Waals surface area contributed by atoms with Gasteiger partial charge in [-0.2, -0.15) is 0 Å². The molecule has 4 rings (SSSR count). The van der Waals surface area contributed by atoms with Gasteiger partial charge in [0.15, 0.2) is 0 Å². The van der Waals surface area contributed by atoms with Crippen molar-refractivity contribution >= 4 is 28.6 Å². The Hall–Kier alpha value is -3.54. The van der Waals surface area contributed by atoms with Crippen LogP contribution in [0, 0.1) is 0 Å². The van der Waals surface area contributed by atoms with E-state index >= 15 is 0 Å². The van der Waals surface area contributed by atoms with Gasteiger partial charge in [0.1, 0.15) is 0 Å². The van der Waals surface area contributed by atoms with Crippen molar-refractivity contribution in [2.75, 3.05) is 0 Å². The molecule has 6 nitrogen and oxygen atoms in total. The van der Waals surface area contributed by atoms with Crippen LogP contribution in [0.3, 0.4) is 0 Å². The highest BCUT2D eigenvalue weighted by Gasteiger charge is 2.38. The summed E-state index contributed by atoms with van der Waals surface area (Å²) in [5.74, 6) is -1.93. The third-order valence-electron chi connectivity index (χ3n) is 4.00. The zero-order chi connectivity index (χ0) is 17.4. The van der Waals surface area contributed by atoms with Gasteiger partial charge >= 0.3 is 5.97 Å². The van der Waals surface area contributed by atoms with Crippen LogP contribution in [0.15, 0.2) is 60.9 Å². The molecule has 0 bridgehead atoms. The fourth-order valence-corrected chi connectivity index (χ4v) is 2.79. The third-order valence-corrected chi connectivity index (χ3v) is 4.00. The average molecular weight is 332 g/mol. The van der Waals surface area contributed by atoms with Gasteiger partial charge in [0.05, 0.1) is 17.5 Å². The van der Waals surface area contributed by atoms with Crippen LogP contribution in [0.5, 0.6) is 0 Å². The Balaban J connectivity index is 1.51. The lowest BCUT2D eigenvalue weighted by Crippen LogP contribution is -2.33. The zero-order valence-electron chi connectivity index (χ0n) is 13.0. The molecule has 0 unspecified atom stereocenters. The molecule has 3 aromatic rings. The zero-order valence-corrected chi connectivity index (χ0v) is 13.0. The SMILES string of the molecule is O=C(Cc1ccc2cnccc2c1)ON1C(=O)c2ccccc2C1=O. The second-order valence-electron chi connectivity index (χ2n) is 5.65. The van der Waals surface area contributed by atoms with Gasteiger partial charge in [-0.25, -0.2) is 4.79 Å². The summed E-state index contributed by atoms with van der Waals surface area (Å²) in [7, 11) is 0. The predicted octanol–water partition coefficient (Wildman–Crippen LogP) is 2.53. The maximum atomic E-state index is 12.2. The smallest absolute Gasteiger partial charge is 0.329 e. The van der Waals surface area contributed by atoms with E-state index in [1.807, 2.05) is 18.2 Å². The Morgan fingerprint density at radius 2 is 1.68 bits per heavy atom.